The normalized spacial score (nSPS) is 11.1. The summed E-state index contributed by atoms with van der Waals surface area (Å²) in [5.41, 5.74) is 0.678. The number of alkyl halides is 2. The summed E-state index contributed by atoms with van der Waals surface area (Å²) in [5.74, 6) is -0.925. The van der Waals surface area contributed by atoms with Gasteiger partial charge in [0.05, 0.1) is 10.2 Å². The average Bonchev–Trinajstić information content (AvgIpc) is 2.96. The highest BCUT2D eigenvalue weighted by Gasteiger charge is 2.20. The maximum atomic E-state index is 12.6. The van der Waals surface area contributed by atoms with Gasteiger partial charge in [-0.1, -0.05) is 11.6 Å². The summed E-state index contributed by atoms with van der Waals surface area (Å²) in [6.07, 6.45) is 1.53. The first-order valence-corrected chi connectivity index (χ1v) is 7.96. The molecule has 130 valence electrons. The topological polar surface area (TPSA) is 81.4 Å². The van der Waals surface area contributed by atoms with Crippen LogP contribution in [0.3, 0.4) is 0 Å². The van der Waals surface area contributed by atoms with Crippen molar-refractivity contribution in [2.75, 3.05) is 5.32 Å². The molecule has 0 aliphatic rings. The number of nitrogens with one attached hydrogen (secondary N) is 1. The Labute approximate surface area is 153 Å². The fraction of sp³-hybridized carbons (Fsp3) is 0.143. The first-order valence-electron chi connectivity index (χ1n) is 6.78. The Bertz CT molecular complexity index is 966. The van der Waals surface area contributed by atoms with Crippen LogP contribution in [-0.2, 0) is 0 Å². The Hall–Kier alpha value is -2.33. The minimum absolute atomic E-state index is 0.0480. The van der Waals surface area contributed by atoms with Crippen LogP contribution >= 0.6 is 27.5 Å². The van der Waals surface area contributed by atoms with Crippen LogP contribution in [0.1, 0.15) is 16.3 Å². The molecule has 25 heavy (non-hydrogen) atoms. The van der Waals surface area contributed by atoms with E-state index < -0.39 is 12.5 Å². The van der Waals surface area contributed by atoms with Gasteiger partial charge in [-0.25, -0.2) is 9.50 Å². The second-order valence-corrected chi connectivity index (χ2v) is 6.12. The number of ether oxygens (including phenoxy) is 1. The fourth-order valence-electron chi connectivity index (χ4n) is 2.04. The number of fused-ring (bicyclic) bond motifs is 1. The summed E-state index contributed by atoms with van der Waals surface area (Å²) in [4.78, 5) is 20.4. The molecule has 0 saturated heterocycles. The summed E-state index contributed by atoms with van der Waals surface area (Å²) < 4.78 is 31.2. The number of hydrogen-bond donors (Lipinski definition) is 1. The van der Waals surface area contributed by atoms with Crippen LogP contribution in [0.15, 0.2) is 28.9 Å². The van der Waals surface area contributed by atoms with E-state index in [4.69, 9.17) is 11.6 Å². The number of anilines is 1. The fourth-order valence-corrected chi connectivity index (χ4v) is 2.95. The number of carbonyl (C=O) groups excluding carboxylic acids is 1. The number of hydrogen-bond acceptors (Lipinski definition) is 5. The van der Waals surface area contributed by atoms with Crippen molar-refractivity contribution in [3.63, 3.8) is 0 Å². The number of aromatic nitrogens is 4. The van der Waals surface area contributed by atoms with Crippen molar-refractivity contribution >= 4 is 44.9 Å². The molecule has 1 aromatic carbocycles. The minimum Gasteiger partial charge on any atom is -0.431 e. The van der Waals surface area contributed by atoms with Gasteiger partial charge < -0.3 is 10.1 Å². The average molecular weight is 433 g/mol. The van der Waals surface area contributed by atoms with Crippen molar-refractivity contribution in [2.24, 2.45) is 0 Å². The van der Waals surface area contributed by atoms with Crippen molar-refractivity contribution in [2.45, 2.75) is 13.5 Å². The van der Waals surface area contributed by atoms with Crippen LogP contribution in [-0.4, -0.2) is 32.1 Å². The first-order chi connectivity index (χ1) is 11.8. The highest BCUT2D eigenvalue weighted by Crippen LogP contribution is 2.37. The van der Waals surface area contributed by atoms with Crippen molar-refractivity contribution in [3.05, 3.63) is 45.4 Å². The predicted molar refractivity (Wildman–Crippen MR) is 89.3 cm³/mol. The van der Waals surface area contributed by atoms with E-state index in [2.05, 4.69) is 41.1 Å². The summed E-state index contributed by atoms with van der Waals surface area (Å²) in [6, 6.07) is 4.35. The van der Waals surface area contributed by atoms with Crippen molar-refractivity contribution in [1.29, 1.82) is 0 Å². The highest BCUT2D eigenvalue weighted by molar-refractivity contribution is 9.10. The zero-order valence-electron chi connectivity index (χ0n) is 12.5. The Morgan fingerprint density at radius 2 is 2.20 bits per heavy atom. The van der Waals surface area contributed by atoms with E-state index in [1.165, 1.54) is 22.8 Å². The van der Waals surface area contributed by atoms with Crippen molar-refractivity contribution in [3.8, 4) is 5.75 Å². The number of aryl methyl sites for hydroxylation is 1. The van der Waals surface area contributed by atoms with Crippen LogP contribution in [0.5, 0.6) is 5.75 Å². The molecule has 0 spiro atoms. The van der Waals surface area contributed by atoms with E-state index >= 15 is 0 Å². The summed E-state index contributed by atoms with van der Waals surface area (Å²) in [6.45, 7) is -1.30. The Balaban J connectivity index is 1.95. The van der Waals surface area contributed by atoms with E-state index in [0.29, 0.717) is 0 Å². The number of rotatable bonds is 4. The first kappa shape index (κ1) is 17.5. The zero-order chi connectivity index (χ0) is 18.1. The van der Waals surface area contributed by atoms with Crippen LogP contribution in [0.4, 0.5) is 14.5 Å². The molecular formula is C14H9BrClF2N5O2. The molecule has 3 rings (SSSR count). The quantitative estimate of drug-likeness (QED) is 0.680. The molecule has 0 fully saturated rings. The van der Waals surface area contributed by atoms with Gasteiger partial charge in [0.25, 0.3) is 11.7 Å². The number of amides is 1. The lowest BCUT2D eigenvalue weighted by molar-refractivity contribution is -0.0498. The van der Waals surface area contributed by atoms with Crippen LogP contribution in [0.25, 0.3) is 5.78 Å². The molecule has 1 amide bonds. The van der Waals surface area contributed by atoms with Gasteiger partial charge in [-0.15, -0.1) is 5.10 Å². The molecule has 0 atom stereocenters. The van der Waals surface area contributed by atoms with Gasteiger partial charge in [0.1, 0.15) is 0 Å². The van der Waals surface area contributed by atoms with Crippen LogP contribution in [0, 0.1) is 6.92 Å². The molecule has 0 unspecified atom stereocenters. The maximum absolute atomic E-state index is 12.6. The molecule has 2 aromatic heterocycles. The molecule has 0 radical (unpaired) electrons. The lowest BCUT2D eigenvalue weighted by Gasteiger charge is -2.13. The third-order valence-electron chi connectivity index (χ3n) is 3.10. The van der Waals surface area contributed by atoms with Gasteiger partial charge in [0.15, 0.2) is 5.75 Å². The third kappa shape index (κ3) is 3.69. The molecule has 3 aromatic rings. The molecule has 2 heterocycles. The van der Waals surface area contributed by atoms with E-state index in [-0.39, 0.29) is 32.5 Å². The smallest absolute Gasteiger partial charge is 0.387 e. The van der Waals surface area contributed by atoms with E-state index in [0.717, 1.165) is 5.69 Å². The Morgan fingerprint density at radius 1 is 1.44 bits per heavy atom. The van der Waals surface area contributed by atoms with Gasteiger partial charge in [-0.3, -0.25) is 4.79 Å². The summed E-state index contributed by atoms with van der Waals surface area (Å²) in [7, 11) is 0. The van der Waals surface area contributed by atoms with E-state index in [1.54, 1.807) is 13.0 Å². The van der Waals surface area contributed by atoms with Gasteiger partial charge >= 0.3 is 6.61 Å². The Kier molecular flexibility index (Phi) is 4.82. The summed E-state index contributed by atoms with van der Waals surface area (Å²) in [5, 5.41) is 6.67. The SMILES string of the molecule is Cc1ccnc2nc(C(=O)Nc3cc(Cl)cc(Br)c3OC(F)F)nn12. The number of halogens is 4. The van der Waals surface area contributed by atoms with Crippen molar-refractivity contribution < 1.29 is 18.3 Å². The predicted octanol–water partition coefficient (Wildman–Crippen LogP) is 3.70. The lowest BCUT2D eigenvalue weighted by atomic mass is 10.3. The number of benzene rings is 1. The number of nitrogens with zero attached hydrogens (tertiary/aromatic N) is 4. The van der Waals surface area contributed by atoms with Gasteiger partial charge in [-0.2, -0.15) is 13.8 Å². The second-order valence-electron chi connectivity index (χ2n) is 4.83. The van der Waals surface area contributed by atoms with Gasteiger partial charge in [0, 0.05) is 16.9 Å². The third-order valence-corrected chi connectivity index (χ3v) is 3.90. The largest absolute Gasteiger partial charge is 0.431 e. The van der Waals surface area contributed by atoms with E-state index in [1.807, 2.05) is 0 Å². The van der Waals surface area contributed by atoms with Crippen LogP contribution < -0.4 is 10.1 Å². The molecule has 0 saturated carbocycles. The maximum Gasteiger partial charge on any atom is 0.387 e. The zero-order valence-corrected chi connectivity index (χ0v) is 14.8. The number of carbonyl (C=O) groups is 1. The monoisotopic (exact) mass is 431 g/mol. The van der Waals surface area contributed by atoms with Gasteiger partial charge in [-0.05, 0) is 41.1 Å². The molecular weight excluding hydrogens is 424 g/mol. The highest BCUT2D eigenvalue weighted by atomic mass is 79.9. The van der Waals surface area contributed by atoms with E-state index in [9.17, 15) is 13.6 Å². The lowest BCUT2D eigenvalue weighted by Crippen LogP contribution is -2.16. The minimum atomic E-state index is -3.08. The molecule has 0 bridgehead atoms. The molecule has 7 nitrogen and oxygen atoms in total. The second kappa shape index (κ2) is 6.89. The Morgan fingerprint density at radius 3 is 2.88 bits per heavy atom. The van der Waals surface area contributed by atoms with Crippen LogP contribution in [0.2, 0.25) is 5.02 Å². The molecule has 0 aliphatic carbocycles. The molecule has 1 N–H and O–H groups in total. The molecule has 0 aliphatic heterocycles. The van der Waals surface area contributed by atoms with Gasteiger partial charge in [0.2, 0.25) is 5.82 Å². The standard InChI is InChI=1S/C14H9BrClF2N5O2/c1-6-2-3-19-14-21-11(22-23(6)14)12(24)20-9-5-7(16)4-8(15)10(9)25-13(17)18/h2-5,13H,1H3,(H,20,24). The molecule has 11 heteroatoms. The van der Waals surface area contributed by atoms with Crippen molar-refractivity contribution in [1.82, 2.24) is 19.6 Å². The summed E-state index contributed by atoms with van der Waals surface area (Å²) >= 11 is 8.97.